The number of hydrogen-bond acceptors (Lipinski definition) is 3. The van der Waals surface area contributed by atoms with Crippen LogP contribution < -0.4 is 0 Å². The Labute approximate surface area is 117 Å². The predicted molar refractivity (Wildman–Crippen MR) is 74.9 cm³/mol. The molecule has 1 aliphatic heterocycles. The molecule has 5 heteroatoms. The van der Waals surface area contributed by atoms with Crippen molar-refractivity contribution in [1.29, 1.82) is 0 Å². The van der Waals surface area contributed by atoms with Gasteiger partial charge in [-0.05, 0) is 40.9 Å². The highest BCUT2D eigenvalue weighted by atomic mass is 79.9. The largest absolute Gasteiger partial charge is 0.506 e. The zero-order valence-electron chi connectivity index (χ0n) is 9.20. The molecule has 0 amide bonds. The molecular formula is C12H13Br2NO2. The fraction of sp³-hybridized carbons (Fsp3) is 0.417. The van der Waals surface area contributed by atoms with Gasteiger partial charge < -0.3 is 9.84 Å². The number of rotatable bonds is 3. The first kappa shape index (κ1) is 13.1. The highest BCUT2D eigenvalue weighted by Gasteiger charge is 2.14. The Hall–Kier alpha value is -0.390. The van der Waals surface area contributed by atoms with Gasteiger partial charge in [-0.15, -0.1) is 0 Å². The second-order valence-corrected chi connectivity index (χ2v) is 5.72. The van der Waals surface area contributed by atoms with E-state index in [-0.39, 0.29) is 11.9 Å². The van der Waals surface area contributed by atoms with E-state index in [1.165, 1.54) is 0 Å². The van der Waals surface area contributed by atoms with Gasteiger partial charge in [-0.25, -0.2) is 0 Å². The van der Waals surface area contributed by atoms with Crippen LogP contribution in [0, 0.1) is 0 Å². The molecule has 92 valence electrons. The van der Waals surface area contributed by atoms with Crippen molar-refractivity contribution in [2.75, 3.05) is 13.2 Å². The molecule has 1 aromatic carbocycles. The summed E-state index contributed by atoms with van der Waals surface area (Å²) in [5, 5.41) is 9.82. The molecule has 0 spiro atoms. The molecule has 1 aromatic rings. The third-order valence-corrected chi connectivity index (χ3v) is 3.68. The minimum atomic E-state index is 0.212. The summed E-state index contributed by atoms with van der Waals surface area (Å²) in [6.45, 7) is 1.50. The van der Waals surface area contributed by atoms with Crippen LogP contribution in [0.25, 0.3) is 0 Å². The number of benzene rings is 1. The van der Waals surface area contributed by atoms with E-state index in [4.69, 9.17) is 4.74 Å². The van der Waals surface area contributed by atoms with E-state index in [9.17, 15) is 5.11 Å². The summed E-state index contributed by atoms with van der Waals surface area (Å²) < 4.78 is 7.04. The lowest BCUT2D eigenvalue weighted by Crippen LogP contribution is -2.08. The topological polar surface area (TPSA) is 41.8 Å². The number of halogens is 2. The van der Waals surface area contributed by atoms with Gasteiger partial charge >= 0.3 is 0 Å². The van der Waals surface area contributed by atoms with Crippen LogP contribution in [0.2, 0.25) is 0 Å². The van der Waals surface area contributed by atoms with Crippen LogP contribution >= 0.6 is 31.9 Å². The standard InChI is InChI=1S/C12H13Br2NO2/c13-9-4-8(12(16)11(14)5-9)6-15-7-10-2-1-3-17-10/h4-6,10,16H,1-3,7H2/t10-/m1/s1. The fourth-order valence-electron chi connectivity index (χ4n) is 1.74. The number of nitrogens with zero attached hydrogens (tertiary/aromatic N) is 1. The van der Waals surface area contributed by atoms with E-state index in [1.54, 1.807) is 12.3 Å². The molecule has 0 unspecified atom stereocenters. The molecule has 1 heterocycles. The van der Waals surface area contributed by atoms with E-state index >= 15 is 0 Å². The van der Waals surface area contributed by atoms with Crippen LogP contribution in [0.1, 0.15) is 18.4 Å². The SMILES string of the molecule is Oc1c(Br)cc(Br)cc1C=NC[C@H]1CCCO1. The lowest BCUT2D eigenvalue weighted by molar-refractivity contribution is 0.118. The summed E-state index contributed by atoms with van der Waals surface area (Å²) in [5.41, 5.74) is 0.698. The molecule has 1 saturated heterocycles. The number of ether oxygens (including phenoxy) is 1. The Kier molecular flexibility index (Phi) is 4.59. The average Bonchev–Trinajstić information content (AvgIpc) is 2.78. The van der Waals surface area contributed by atoms with Crippen molar-refractivity contribution < 1.29 is 9.84 Å². The van der Waals surface area contributed by atoms with Gasteiger partial charge in [0.15, 0.2) is 0 Å². The molecule has 2 rings (SSSR count). The van der Waals surface area contributed by atoms with E-state index in [2.05, 4.69) is 36.9 Å². The monoisotopic (exact) mass is 361 g/mol. The van der Waals surface area contributed by atoms with Gasteiger partial charge in [0.2, 0.25) is 0 Å². The highest BCUT2D eigenvalue weighted by molar-refractivity contribution is 9.11. The summed E-state index contributed by atoms with van der Waals surface area (Å²) in [4.78, 5) is 4.32. The Morgan fingerprint density at radius 3 is 3.00 bits per heavy atom. The third kappa shape index (κ3) is 3.53. The molecule has 0 aliphatic carbocycles. The third-order valence-electron chi connectivity index (χ3n) is 2.62. The molecule has 1 N–H and O–H groups in total. The quantitative estimate of drug-likeness (QED) is 0.836. The molecule has 3 nitrogen and oxygen atoms in total. The molecular weight excluding hydrogens is 350 g/mol. The molecule has 0 saturated carbocycles. The van der Waals surface area contributed by atoms with Gasteiger partial charge in [-0.1, -0.05) is 15.9 Å². The minimum absolute atomic E-state index is 0.212. The smallest absolute Gasteiger partial charge is 0.138 e. The van der Waals surface area contributed by atoms with Gasteiger partial charge in [0.25, 0.3) is 0 Å². The van der Waals surface area contributed by atoms with Crippen molar-refractivity contribution in [2.45, 2.75) is 18.9 Å². The van der Waals surface area contributed by atoms with Crippen molar-refractivity contribution in [3.8, 4) is 5.75 Å². The number of phenols is 1. The lowest BCUT2D eigenvalue weighted by atomic mass is 10.2. The molecule has 0 bridgehead atoms. The molecule has 0 aromatic heterocycles. The number of aromatic hydroxyl groups is 1. The fourth-order valence-corrected chi connectivity index (χ4v) is 3.00. The highest BCUT2D eigenvalue weighted by Crippen LogP contribution is 2.30. The van der Waals surface area contributed by atoms with Crippen molar-refractivity contribution in [2.24, 2.45) is 4.99 Å². The van der Waals surface area contributed by atoms with Gasteiger partial charge in [0.05, 0.1) is 17.1 Å². The van der Waals surface area contributed by atoms with Crippen LogP contribution in [0.4, 0.5) is 0 Å². The second-order valence-electron chi connectivity index (χ2n) is 3.95. The molecule has 1 aliphatic rings. The average molecular weight is 363 g/mol. The minimum Gasteiger partial charge on any atom is -0.506 e. The summed E-state index contributed by atoms with van der Waals surface area (Å²) in [6.07, 6.45) is 4.12. The zero-order valence-corrected chi connectivity index (χ0v) is 12.4. The summed E-state index contributed by atoms with van der Waals surface area (Å²) in [5.74, 6) is 0.212. The molecule has 1 fully saturated rings. The van der Waals surface area contributed by atoms with E-state index in [0.717, 1.165) is 23.9 Å². The number of phenolic OH excluding ortho intramolecular Hbond substituents is 1. The van der Waals surface area contributed by atoms with E-state index < -0.39 is 0 Å². The molecule has 0 radical (unpaired) electrons. The maximum atomic E-state index is 9.82. The number of hydrogen-bond donors (Lipinski definition) is 1. The number of aliphatic imine (C=N–C) groups is 1. The maximum Gasteiger partial charge on any atom is 0.138 e. The summed E-state index contributed by atoms with van der Waals surface area (Å²) >= 11 is 6.67. The van der Waals surface area contributed by atoms with Crippen LogP contribution in [0.3, 0.4) is 0 Å². The van der Waals surface area contributed by atoms with Crippen LogP contribution in [-0.2, 0) is 4.74 Å². The Morgan fingerprint density at radius 2 is 2.29 bits per heavy atom. The van der Waals surface area contributed by atoms with Gasteiger partial charge in [-0.2, -0.15) is 0 Å². The van der Waals surface area contributed by atoms with Gasteiger partial charge in [0.1, 0.15) is 5.75 Å². The van der Waals surface area contributed by atoms with Crippen molar-refractivity contribution in [1.82, 2.24) is 0 Å². The Balaban J connectivity index is 2.04. The normalized spacial score (nSPS) is 20.2. The molecule has 17 heavy (non-hydrogen) atoms. The van der Waals surface area contributed by atoms with Gasteiger partial charge in [0, 0.05) is 22.9 Å². The van der Waals surface area contributed by atoms with Crippen molar-refractivity contribution >= 4 is 38.1 Å². The van der Waals surface area contributed by atoms with Crippen LogP contribution in [-0.4, -0.2) is 30.6 Å². The van der Waals surface area contributed by atoms with E-state index in [0.29, 0.717) is 16.6 Å². The second kappa shape index (κ2) is 5.98. The van der Waals surface area contributed by atoms with Crippen molar-refractivity contribution in [3.05, 3.63) is 26.6 Å². The van der Waals surface area contributed by atoms with E-state index in [1.807, 2.05) is 6.07 Å². The first-order chi connectivity index (χ1) is 8.16. The van der Waals surface area contributed by atoms with Gasteiger partial charge in [-0.3, -0.25) is 4.99 Å². The predicted octanol–water partition coefficient (Wildman–Crippen LogP) is 3.52. The zero-order chi connectivity index (χ0) is 12.3. The first-order valence-corrected chi connectivity index (χ1v) is 7.05. The Morgan fingerprint density at radius 1 is 1.47 bits per heavy atom. The molecule has 1 atom stereocenters. The van der Waals surface area contributed by atoms with Crippen LogP contribution in [0.5, 0.6) is 5.75 Å². The van der Waals surface area contributed by atoms with Crippen LogP contribution in [0.15, 0.2) is 26.1 Å². The Bertz CT molecular complexity index is 429. The summed E-state index contributed by atoms with van der Waals surface area (Å²) in [6, 6.07) is 3.63. The van der Waals surface area contributed by atoms with Crippen molar-refractivity contribution in [3.63, 3.8) is 0 Å². The summed E-state index contributed by atoms with van der Waals surface area (Å²) in [7, 11) is 0. The first-order valence-electron chi connectivity index (χ1n) is 5.46. The maximum absolute atomic E-state index is 9.82. The lowest BCUT2D eigenvalue weighted by Gasteiger charge is -2.05.